The second-order valence-electron chi connectivity index (χ2n) is 6.27. The molecule has 1 fully saturated rings. The van der Waals surface area contributed by atoms with Crippen LogP contribution in [0.2, 0.25) is 0 Å². The first-order valence-corrected chi connectivity index (χ1v) is 8.46. The molecule has 1 saturated carbocycles. The fourth-order valence-corrected chi connectivity index (χ4v) is 3.14. The average molecular weight is 333 g/mol. The van der Waals surface area contributed by atoms with E-state index in [0.717, 1.165) is 25.7 Å². The molecular weight excluding hydrogens is 310 g/mol. The van der Waals surface area contributed by atoms with E-state index in [1.807, 2.05) is 6.07 Å². The van der Waals surface area contributed by atoms with E-state index in [1.165, 1.54) is 6.42 Å². The standard InChI is InChI=1S/C18H23NO5/c1-19(13-7-3-2-4-8-13)17(20)12-23-18(21)16-11-22-14-9-5-6-10-15(14)24-16/h5-6,9-10,13,16H,2-4,7-8,11-12H2,1H3. The molecule has 0 bridgehead atoms. The number of amides is 1. The third kappa shape index (κ3) is 3.80. The van der Waals surface area contributed by atoms with Crippen molar-refractivity contribution in [2.45, 2.75) is 44.2 Å². The van der Waals surface area contributed by atoms with E-state index in [2.05, 4.69) is 0 Å². The number of hydrogen-bond acceptors (Lipinski definition) is 5. The van der Waals surface area contributed by atoms with E-state index in [9.17, 15) is 9.59 Å². The average Bonchev–Trinajstić information content (AvgIpc) is 2.65. The Morgan fingerprint density at radius 1 is 1.17 bits per heavy atom. The fourth-order valence-electron chi connectivity index (χ4n) is 3.14. The van der Waals surface area contributed by atoms with Gasteiger partial charge >= 0.3 is 5.97 Å². The summed E-state index contributed by atoms with van der Waals surface area (Å²) in [4.78, 5) is 26.0. The van der Waals surface area contributed by atoms with Crippen molar-refractivity contribution >= 4 is 11.9 Å². The summed E-state index contributed by atoms with van der Waals surface area (Å²) in [6.45, 7) is -0.171. The number of benzene rings is 1. The fraction of sp³-hybridized carbons (Fsp3) is 0.556. The van der Waals surface area contributed by atoms with Gasteiger partial charge in [0.25, 0.3) is 5.91 Å². The van der Waals surface area contributed by atoms with Crippen LogP contribution in [0.3, 0.4) is 0 Å². The summed E-state index contributed by atoms with van der Waals surface area (Å²) in [6.07, 6.45) is 4.73. The first kappa shape index (κ1) is 16.6. The van der Waals surface area contributed by atoms with Gasteiger partial charge in [-0.2, -0.15) is 0 Å². The van der Waals surface area contributed by atoms with Crippen LogP contribution in [0.25, 0.3) is 0 Å². The smallest absolute Gasteiger partial charge is 0.351 e. The van der Waals surface area contributed by atoms with Crippen molar-refractivity contribution in [2.24, 2.45) is 0 Å². The number of ether oxygens (including phenoxy) is 3. The SMILES string of the molecule is CN(C(=O)COC(=O)C1COc2ccccc2O1)C1CCCCC1. The van der Waals surface area contributed by atoms with Gasteiger partial charge in [-0.1, -0.05) is 31.4 Å². The van der Waals surface area contributed by atoms with Crippen molar-refractivity contribution in [1.82, 2.24) is 4.90 Å². The van der Waals surface area contributed by atoms with Crippen LogP contribution in [0.1, 0.15) is 32.1 Å². The number of fused-ring (bicyclic) bond motifs is 1. The first-order chi connectivity index (χ1) is 11.6. The van der Waals surface area contributed by atoms with Crippen LogP contribution in [0, 0.1) is 0 Å². The Morgan fingerprint density at radius 2 is 1.88 bits per heavy atom. The highest BCUT2D eigenvalue weighted by atomic mass is 16.6. The molecule has 1 unspecified atom stereocenters. The van der Waals surface area contributed by atoms with Gasteiger partial charge in [0, 0.05) is 13.1 Å². The molecule has 0 saturated heterocycles. The molecule has 1 amide bonds. The largest absolute Gasteiger partial charge is 0.485 e. The summed E-state index contributed by atoms with van der Waals surface area (Å²) in [5, 5.41) is 0. The van der Waals surface area contributed by atoms with Crippen molar-refractivity contribution in [3.63, 3.8) is 0 Å². The van der Waals surface area contributed by atoms with Gasteiger partial charge in [0.05, 0.1) is 0 Å². The molecule has 1 aromatic carbocycles. The molecule has 2 aliphatic rings. The molecule has 0 aromatic heterocycles. The summed E-state index contributed by atoms with van der Waals surface area (Å²) in [7, 11) is 1.78. The second-order valence-corrected chi connectivity index (χ2v) is 6.27. The maximum atomic E-state index is 12.2. The minimum absolute atomic E-state index is 0.0858. The van der Waals surface area contributed by atoms with E-state index in [4.69, 9.17) is 14.2 Å². The van der Waals surface area contributed by atoms with Gasteiger partial charge in [0.15, 0.2) is 18.1 Å². The maximum absolute atomic E-state index is 12.2. The zero-order chi connectivity index (χ0) is 16.9. The Kier molecular flexibility index (Phi) is 5.23. The van der Waals surface area contributed by atoms with E-state index >= 15 is 0 Å². The van der Waals surface area contributed by atoms with Gasteiger partial charge < -0.3 is 19.1 Å². The Morgan fingerprint density at radius 3 is 2.62 bits per heavy atom. The molecular formula is C18H23NO5. The van der Waals surface area contributed by atoms with Crippen LogP contribution < -0.4 is 9.47 Å². The highest BCUT2D eigenvalue weighted by Crippen LogP contribution is 2.31. The minimum atomic E-state index is -0.840. The maximum Gasteiger partial charge on any atom is 0.351 e. The van der Waals surface area contributed by atoms with Crippen LogP contribution in [0.5, 0.6) is 11.5 Å². The van der Waals surface area contributed by atoms with Crippen molar-refractivity contribution in [2.75, 3.05) is 20.3 Å². The molecule has 0 N–H and O–H groups in total. The lowest BCUT2D eigenvalue weighted by atomic mass is 9.94. The summed E-state index contributed by atoms with van der Waals surface area (Å²) >= 11 is 0. The number of esters is 1. The normalized spacial score (nSPS) is 20.3. The quantitative estimate of drug-likeness (QED) is 0.790. The molecule has 1 heterocycles. The summed E-state index contributed by atoms with van der Waals surface area (Å²) < 4.78 is 16.2. The Bertz CT molecular complexity index is 597. The number of nitrogens with zero attached hydrogens (tertiary/aromatic N) is 1. The molecule has 6 heteroatoms. The van der Waals surface area contributed by atoms with Crippen LogP contribution in [0.15, 0.2) is 24.3 Å². The minimum Gasteiger partial charge on any atom is -0.485 e. The lowest BCUT2D eigenvalue weighted by molar-refractivity contribution is -0.160. The lowest BCUT2D eigenvalue weighted by Gasteiger charge is -2.31. The van der Waals surface area contributed by atoms with Gasteiger partial charge in [0.1, 0.15) is 6.61 Å². The molecule has 1 aromatic rings. The van der Waals surface area contributed by atoms with Gasteiger partial charge in [0.2, 0.25) is 6.10 Å². The van der Waals surface area contributed by atoms with Crippen LogP contribution >= 0.6 is 0 Å². The first-order valence-electron chi connectivity index (χ1n) is 8.46. The number of carbonyl (C=O) groups is 2. The lowest BCUT2D eigenvalue weighted by Crippen LogP contribution is -2.43. The molecule has 1 aliphatic heterocycles. The summed E-state index contributed by atoms with van der Waals surface area (Å²) in [5.41, 5.74) is 0. The van der Waals surface area contributed by atoms with Crippen molar-refractivity contribution in [3.05, 3.63) is 24.3 Å². The topological polar surface area (TPSA) is 65.1 Å². The predicted molar refractivity (Wildman–Crippen MR) is 87.0 cm³/mol. The number of likely N-dealkylation sites (N-methyl/N-ethyl adjacent to an activating group) is 1. The monoisotopic (exact) mass is 333 g/mol. The Balaban J connectivity index is 1.48. The van der Waals surface area contributed by atoms with E-state index in [1.54, 1.807) is 30.1 Å². The zero-order valence-corrected chi connectivity index (χ0v) is 13.9. The Hall–Kier alpha value is -2.24. The van der Waals surface area contributed by atoms with Crippen LogP contribution in [-0.2, 0) is 14.3 Å². The van der Waals surface area contributed by atoms with Crippen molar-refractivity contribution < 1.29 is 23.8 Å². The second kappa shape index (κ2) is 7.55. The van der Waals surface area contributed by atoms with Crippen molar-refractivity contribution in [3.8, 4) is 11.5 Å². The highest BCUT2D eigenvalue weighted by molar-refractivity contribution is 5.82. The molecule has 0 spiro atoms. The van der Waals surface area contributed by atoms with Crippen LogP contribution in [0.4, 0.5) is 0 Å². The summed E-state index contributed by atoms with van der Waals surface area (Å²) in [6, 6.07) is 7.40. The van der Waals surface area contributed by atoms with Gasteiger partial charge in [-0.25, -0.2) is 4.79 Å². The third-order valence-corrected chi connectivity index (χ3v) is 4.63. The van der Waals surface area contributed by atoms with Gasteiger partial charge in [-0.15, -0.1) is 0 Å². The highest BCUT2D eigenvalue weighted by Gasteiger charge is 2.30. The summed E-state index contributed by atoms with van der Waals surface area (Å²) in [5.74, 6) is 0.369. The number of hydrogen-bond donors (Lipinski definition) is 0. The van der Waals surface area contributed by atoms with Gasteiger partial charge in [-0.05, 0) is 25.0 Å². The molecule has 1 aliphatic carbocycles. The third-order valence-electron chi connectivity index (χ3n) is 4.63. The van der Waals surface area contributed by atoms with E-state index in [-0.39, 0.29) is 25.2 Å². The number of carbonyl (C=O) groups excluding carboxylic acids is 2. The zero-order valence-electron chi connectivity index (χ0n) is 13.9. The Labute approximate surface area is 141 Å². The molecule has 6 nitrogen and oxygen atoms in total. The van der Waals surface area contributed by atoms with Crippen molar-refractivity contribution in [1.29, 1.82) is 0 Å². The molecule has 24 heavy (non-hydrogen) atoms. The molecule has 1 atom stereocenters. The van der Waals surface area contributed by atoms with Gasteiger partial charge in [-0.3, -0.25) is 4.79 Å². The molecule has 3 rings (SSSR count). The van der Waals surface area contributed by atoms with E-state index in [0.29, 0.717) is 11.5 Å². The molecule has 0 radical (unpaired) electrons. The van der Waals surface area contributed by atoms with Crippen LogP contribution in [-0.4, -0.2) is 49.2 Å². The number of para-hydroxylation sites is 2. The predicted octanol–water partition coefficient (Wildman–Crippen LogP) is 2.16. The van der Waals surface area contributed by atoms with E-state index < -0.39 is 12.1 Å². The number of rotatable bonds is 4. The molecule has 130 valence electrons.